The Kier molecular flexibility index (Phi) is 6.28. The lowest BCUT2D eigenvalue weighted by Crippen LogP contribution is -2.06. The Morgan fingerprint density at radius 2 is 1.64 bits per heavy atom. The van der Waals surface area contributed by atoms with Gasteiger partial charge in [-0.15, -0.1) is 0 Å². The first-order valence-electron chi connectivity index (χ1n) is 6.08. The van der Waals surface area contributed by atoms with Crippen molar-refractivity contribution >= 4 is 31.2 Å². The number of nitrogens with zero attached hydrogens (tertiary/aromatic N) is 2. The number of anilines is 2. The van der Waals surface area contributed by atoms with E-state index in [0.29, 0.717) is 10.8 Å². The van der Waals surface area contributed by atoms with E-state index in [1.165, 1.54) is 0 Å². The maximum Gasteiger partial charge on any atom is 0.466 e. The van der Waals surface area contributed by atoms with Gasteiger partial charge < -0.3 is 26.1 Å². The molecule has 0 atom stereocenters. The van der Waals surface area contributed by atoms with Gasteiger partial charge in [-0.05, 0) is 24.1 Å². The predicted octanol–water partition coefficient (Wildman–Crippen LogP) is 1.60. The number of hydrogen-bond donors (Lipinski definition) is 5. The fourth-order valence-corrected chi connectivity index (χ4v) is 1.86. The van der Waals surface area contributed by atoms with E-state index in [4.69, 9.17) is 42.3 Å². The van der Waals surface area contributed by atoms with E-state index in [-0.39, 0.29) is 5.95 Å². The van der Waals surface area contributed by atoms with Gasteiger partial charge in [0.25, 0.3) is 0 Å². The molecule has 22 heavy (non-hydrogen) atoms. The van der Waals surface area contributed by atoms with Gasteiger partial charge >= 0.3 is 7.82 Å². The van der Waals surface area contributed by atoms with Crippen LogP contribution in [0.4, 0.5) is 11.8 Å². The Labute approximate surface area is 132 Å². The maximum absolute atomic E-state index is 8.88. The van der Waals surface area contributed by atoms with Crippen molar-refractivity contribution < 1.29 is 19.2 Å². The molecule has 0 bridgehead atoms. The van der Waals surface area contributed by atoms with Crippen LogP contribution in [0, 0.1) is 0 Å². The first-order valence-corrected chi connectivity index (χ1v) is 8.02. The van der Waals surface area contributed by atoms with Crippen molar-refractivity contribution in [2.75, 3.05) is 11.5 Å². The van der Waals surface area contributed by atoms with Crippen LogP contribution in [-0.4, -0.2) is 24.6 Å². The Morgan fingerprint density at radius 3 is 2.09 bits per heavy atom. The van der Waals surface area contributed by atoms with Crippen LogP contribution in [0.25, 0.3) is 11.1 Å². The van der Waals surface area contributed by atoms with Crippen molar-refractivity contribution in [3.8, 4) is 11.1 Å². The molecule has 0 spiro atoms. The predicted molar refractivity (Wildman–Crippen MR) is 84.9 cm³/mol. The van der Waals surface area contributed by atoms with Gasteiger partial charge in [0.15, 0.2) is 0 Å². The van der Waals surface area contributed by atoms with Crippen LogP contribution in [0.5, 0.6) is 0 Å². The summed E-state index contributed by atoms with van der Waals surface area (Å²) in [5, 5.41) is 0.682. The number of halogens is 1. The summed E-state index contributed by atoms with van der Waals surface area (Å²) in [5.41, 5.74) is 14.1. The second-order valence-corrected chi connectivity index (χ2v) is 5.63. The summed E-state index contributed by atoms with van der Waals surface area (Å²) in [6, 6.07) is 7.41. The summed E-state index contributed by atoms with van der Waals surface area (Å²) >= 11 is 5.86. The fourth-order valence-electron chi connectivity index (χ4n) is 1.73. The summed E-state index contributed by atoms with van der Waals surface area (Å²) in [4.78, 5) is 29.8. The third kappa shape index (κ3) is 5.97. The molecule has 1 aromatic heterocycles. The highest BCUT2D eigenvalue weighted by Gasteiger charge is 2.11. The zero-order valence-electron chi connectivity index (χ0n) is 11.6. The van der Waals surface area contributed by atoms with Gasteiger partial charge in [-0.1, -0.05) is 30.7 Å². The molecule has 1 heterocycles. The largest absolute Gasteiger partial charge is 0.466 e. The first-order chi connectivity index (χ1) is 10.1. The fraction of sp³-hybridized carbons (Fsp3) is 0.167. The lowest BCUT2D eigenvalue weighted by molar-refractivity contribution is 0.275. The molecule has 0 amide bonds. The summed E-state index contributed by atoms with van der Waals surface area (Å²) in [7, 11) is -4.64. The van der Waals surface area contributed by atoms with Gasteiger partial charge in [0, 0.05) is 10.6 Å². The topological polar surface area (TPSA) is 156 Å². The normalized spacial score (nSPS) is 10.8. The van der Waals surface area contributed by atoms with Gasteiger partial charge in [-0.2, -0.15) is 4.98 Å². The maximum atomic E-state index is 8.88. The Balaban J connectivity index is 0.000000422. The Morgan fingerprint density at radius 1 is 1.14 bits per heavy atom. The quantitative estimate of drug-likeness (QED) is 0.513. The number of nitrogen functional groups attached to an aromatic ring is 2. The van der Waals surface area contributed by atoms with Crippen LogP contribution in [-0.2, 0) is 11.0 Å². The van der Waals surface area contributed by atoms with Gasteiger partial charge in [-0.3, -0.25) is 0 Å². The third-order valence-electron chi connectivity index (χ3n) is 2.50. The first kappa shape index (κ1) is 18.3. The zero-order valence-corrected chi connectivity index (χ0v) is 13.3. The molecule has 0 aliphatic heterocycles. The molecule has 0 unspecified atom stereocenters. The standard InChI is InChI=1S/C12H13ClN4.H3O4P/c1-2-9-10(11(14)17-12(15)16-9)7-3-5-8(13)6-4-7;1-5(2,3)4/h3-6H,2H2,1H3,(H4,14,15,16,17);(H3,1,2,3,4). The Hall–Kier alpha value is -1.70. The molecule has 10 heteroatoms. The van der Waals surface area contributed by atoms with E-state index >= 15 is 0 Å². The minimum atomic E-state index is -4.64. The van der Waals surface area contributed by atoms with E-state index in [0.717, 1.165) is 23.2 Å². The Bertz CT molecular complexity index is 682. The van der Waals surface area contributed by atoms with E-state index in [1.807, 2.05) is 31.2 Å². The molecular formula is C12H16ClN4O4P. The molecule has 2 rings (SSSR count). The third-order valence-corrected chi connectivity index (χ3v) is 2.75. The molecule has 2 aromatic rings. The highest BCUT2D eigenvalue weighted by molar-refractivity contribution is 7.45. The average molecular weight is 347 g/mol. The number of benzene rings is 1. The molecule has 7 N–H and O–H groups in total. The minimum Gasteiger partial charge on any atom is -0.383 e. The monoisotopic (exact) mass is 346 g/mol. The van der Waals surface area contributed by atoms with Crippen molar-refractivity contribution in [3.05, 3.63) is 35.0 Å². The van der Waals surface area contributed by atoms with Gasteiger partial charge in [0.05, 0.1) is 5.69 Å². The van der Waals surface area contributed by atoms with E-state index < -0.39 is 7.82 Å². The number of aromatic nitrogens is 2. The summed E-state index contributed by atoms with van der Waals surface area (Å²) < 4.78 is 8.88. The van der Waals surface area contributed by atoms with E-state index in [2.05, 4.69) is 9.97 Å². The molecule has 0 saturated carbocycles. The smallest absolute Gasteiger partial charge is 0.383 e. The summed E-state index contributed by atoms with van der Waals surface area (Å²) in [5.74, 6) is 0.605. The molecule has 8 nitrogen and oxygen atoms in total. The molecule has 0 aliphatic carbocycles. The summed E-state index contributed by atoms with van der Waals surface area (Å²) in [6.07, 6.45) is 0.745. The molecule has 0 aliphatic rings. The zero-order chi connectivity index (χ0) is 16.9. The summed E-state index contributed by atoms with van der Waals surface area (Å²) in [6.45, 7) is 2.00. The number of aryl methyl sites for hydroxylation is 1. The second kappa shape index (κ2) is 7.53. The van der Waals surface area contributed by atoms with E-state index in [1.54, 1.807) is 0 Å². The molecule has 0 saturated heterocycles. The van der Waals surface area contributed by atoms with Gasteiger partial charge in [0.1, 0.15) is 5.82 Å². The average Bonchev–Trinajstić information content (AvgIpc) is 2.37. The SMILES string of the molecule is CCc1nc(N)nc(N)c1-c1ccc(Cl)cc1.O=P(O)(O)O. The van der Waals surface area contributed by atoms with Gasteiger partial charge in [0.2, 0.25) is 5.95 Å². The van der Waals surface area contributed by atoms with Crippen LogP contribution in [0.15, 0.2) is 24.3 Å². The molecule has 0 radical (unpaired) electrons. The van der Waals surface area contributed by atoms with Crippen molar-refractivity contribution in [2.24, 2.45) is 0 Å². The van der Waals surface area contributed by atoms with E-state index in [9.17, 15) is 0 Å². The highest BCUT2D eigenvalue weighted by Crippen LogP contribution is 2.29. The van der Waals surface area contributed by atoms with Crippen molar-refractivity contribution in [1.82, 2.24) is 9.97 Å². The van der Waals surface area contributed by atoms with Crippen LogP contribution >= 0.6 is 19.4 Å². The number of hydrogen-bond acceptors (Lipinski definition) is 5. The number of rotatable bonds is 2. The lowest BCUT2D eigenvalue weighted by Gasteiger charge is -2.10. The van der Waals surface area contributed by atoms with Crippen molar-refractivity contribution in [3.63, 3.8) is 0 Å². The van der Waals surface area contributed by atoms with Crippen molar-refractivity contribution in [1.29, 1.82) is 0 Å². The van der Waals surface area contributed by atoms with Crippen LogP contribution in [0.1, 0.15) is 12.6 Å². The molecule has 0 fully saturated rings. The van der Waals surface area contributed by atoms with Gasteiger partial charge in [-0.25, -0.2) is 9.55 Å². The molecular weight excluding hydrogens is 331 g/mol. The minimum absolute atomic E-state index is 0.206. The van der Waals surface area contributed by atoms with Crippen LogP contribution in [0.2, 0.25) is 5.02 Å². The van der Waals surface area contributed by atoms with Crippen LogP contribution < -0.4 is 11.5 Å². The molecule has 120 valence electrons. The van der Waals surface area contributed by atoms with Crippen molar-refractivity contribution in [2.45, 2.75) is 13.3 Å². The second-order valence-electron chi connectivity index (χ2n) is 4.16. The van der Waals surface area contributed by atoms with Crippen LogP contribution in [0.3, 0.4) is 0 Å². The lowest BCUT2D eigenvalue weighted by atomic mass is 10.0. The number of phosphoric acid groups is 1. The number of nitrogens with two attached hydrogens (primary N) is 2. The highest BCUT2D eigenvalue weighted by atomic mass is 35.5. The molecule has 1 aromatic carbocycles.